The molecule has 0 rings (SSSR count). The molecule has 1 atom stereocenters. The number of unbranched alkanes of at least 4 members (excludes halogenated alkanes) is 29. The average molecular weight is 577 g/mol. The van der Waals surface area contributed by atoms with E-state index in [0.29, 0.717) is 0 Å². The van der Waals surface area contributed by atoms with Crippen LogP contribution in [0.25, 0.3) is 0 Å². The number of hydrogen-bond donors (Lipinski definition) is 0. The second kappa shape index (κ2) is 35.4. The topological polar surface area (TPSA) is 26.3 Å². The highest BCUT2D eigenvalue weighted by atomic mass is 16.5. The van der Waals surface area contributed by atoms with Crippen LogP contribution < -0.4 is 0 Å². The molecule has 0 aliphatic rings. The van der Waals surface area contributed by atoms with Gasteiger partial charge in [0.15, 0.2) is 0 Å². The molecule has 0 aromatic carbocycles. The highest BCUT2D eigenvalue weighted by molar-refractivity contribution is 5.81. The van der Waals surface area contributed by atoms with Crippen molar-refractivity contribution in [2.45, 2.75) is 232 Å². The molecule has 0 spiro atoms. The zero-order valence-corrected chi connectivity index (χ0v) is 28.5. The highest BCUT2D eigenvalue weighted by Crippen LogP contribution is 2.19. The van der Waals surface area contributed by atoms with Crippen LogP contribution in [0, 0.1) is 0 Å². The van der Waals surface area contributed by atoms with E-state index >= 15 is 0 Å². The van der Waals surface area contributed by atoms with Crippen molar-refractivity contribution in [3.63, 3.8) is 0 Å². The van der Waals surface area contributed by atoms with E-state index < -0.39 is 0 Å². The second-order valence-corrected chi connectivity index (χ2v) is 13.1. The maximum absolute atomic E-state index is 11.8. The quantitative estimate of drug-likeness (QED) is 0.0426. The smallest absolute Gasteiger partial charge is 0.330 e. The molecule has 0 saturated heterocycles. The number of carbonyl (C=O) groups excluding carboxylic acids is 1. The Labute approximate surface area is 259 Å². The first-order valence-corrected chi connectivity index (χ1v) is 19.1. The van der Waals surface area contributed by atoms with Gasteiger partial charge in [0.25, 0.3) is 0 Å². The molecule has 0 aliphatic carbocycles. The summed E-state index contributed by atoms with van der Waals surface area (Å²) < 4.78 is 5.69. The lowest BCUT2D eigenvalue weighted by atomic mass is 10.0. The van der Waals surface area contributed by atoms with Gasteiger partial charge in [-0.05, 0) is 25.7 Å². The summed E-state index contributed by atoms with van der Waals surface area (Å²) in [6.45, 7) is 8.18. The van der Waals surface area contributed by atoms with E-state index in [0.717, 1.165) is 12.8 Å². The molecule has 2 heteroatoms. The van der Waals surface area contributed by atoms with E-state index in [1.165, 1.54) is 205 Å². The predicted octanol–water partition coefficient (Wildman–Crippen LogP) is 14.0. The van der Waals surface area contributed by atoms with Crippen molar-refractivity contribution in [3.05, 3.63) is 12.7 Å². The molecule has 0 N–H and O–H groups in total. The summed E-state index contributed by atoms with van der Waals surface area (Å²) >= 11 is 0. The molecule has 2 nitrogen and oxygen atoms in total. The lowest BCUT2D eigenvalue weighted by Crippen LogP contribution is -2.16. The van der Waals surface area contributed by atoms with Gasteiger partial charge in [0, 0.05) is 6.08 Å². The Morgan fingerprint density at radius 2 is 0.659 bits per heavy atom. The Kier molecular flexibility index (Phi) is 34.7. The number of carbonyl (C=O) groups is 1. The zero-order valence-electron chi connectivity index (χ0n) is 28.5. The van der Waals surface area contributed by atoms with E-state index in [2.05, 4.69) is 20.4 Å². The normalized spacial score (nSPS) is 12.0. The Morgan fingerprint density at radius 1 is 0.439 bits per heavy atom. The Bertz CT molecular complexity index is 514. The monoisotopic (exact) mass is 577 g/mol. The fourth-order valence-corrected chi connectivity index (χ4v) is 6.14. The second-order valence-electron chi connectivity index (χ2n) is 13.1. The number of rotatable bonds is 35. The fraction of sp³-hybridized carbons (Fsp3) is 0.923. The van der Waals surface area contributed by atoms with Crippen molar-refractivity contribution in [2.24, 2.45) is 0 Å². The van der Waals surface area contributed by atoms with Gasteiger partial charge in [-0.15, -0.1) is 0 Å². The van der Waals surface area contributed by atoms with Crippen LogP contribution in [0.3, 0.4) is 0 Å². The van der Waals surface area contributed by atoms with E-state index in [1.807, 2.05) is 0 Å². The summed E-state index contributed by atoms with van der Waals surface area (Å²) in [6, 6.07) is 0. The maximum atomic E-state index is 11.8. The van der Waals surface area contributed by atoms with Gasteiger partial charge in [0.05, 0.1) is 0 Å². The minimum atomic E-state index is -0.243. The van der Waals surface area contributed by atoms with Crippen LogP contribution in [-0.2, 0) is 9.53 Å². The standard InChI is InChI=1S/C39H76O2/c1-4-7-9-11-13-15-17-19-21-23-25-27-29-31-33-35-37-38(41-39(40)6-3)36-34-32-30-28-26-24-22-20-18-16-14-12-10-8-5-2/h6,38H,3-5,7-37H2,1-2H3. The SMILES string of the molecule is C=CC(=O)OC(CCCCCCCCCCCCCCCCC)CCCCCCCCCCCCCCCCCC. The number of hydrogen-bond acceptors (Lipinski definition) is 2. The summed E-state index contributed by atoms with van der Waals surface area (Å²) in [5, 5.41) is 0. The molecule has 0 bridgehead atoms. The van der Waals surface area contributed by atoms with Crippen LogP contribution in [0.2, 0.25) is 0 Å². The van der Waals surface area contributed by atoms with Gasteiger partial charge in [-0.3, -0.25) is 0 Å². The van der Waals surface area contributed by atoms with Crippen LogP contribution in [0.5, 0.6) is 0 Å². The van der Waals surface area contributed by atoms with Crippen molar-refractivity contribution in [3.8, 4) is 0 Å². The largest absolute Gasteiger partial charge is 0.459 e. The minimum Gasteiger partial charge on any atom is -0.459 e. The summed E-state index contributed by atoms with van der Waals surface area (Å²) in [7, 11) is 0. The molecule has 0 aromatic rings. The lowest BCUT2D eigenvalue weighted by molar-refractivity contribution is -0.143. The van der Waals surface area contributed by atoms with Crippen molar-refractivity contribution in [1.82, 2.24) is 0 Å². The molecule has 0 radical (unpaired) electrons. The van der Waals surface area contributed by atoms with Gasteiger partial charge in [0.2, 0.25) is 0 Å². The first kappa shape index (κ1) is 40.2. The van der Waals surface area contributed by atoms with Gasteiger partial charge >= 0.3 is 5.97 Å². The van der Waals surface area contributed by atoms with Gasteiger partial charge in [0.1, 0.15) is 6.10 Å². The molecule has 41 heavy (non-hydrogen) atoms. The molecule has 1 unspecified atom stereocenters. The summed E-state index contributed by atoms with van der Waals surface area (Å²) in [4.78, 5) is 11.8. The summed E-state index contributed by atoms with van der Waals surface area (Å²) in [5.74, 6) is -0.243. The van der Waals surface area contributed by atoms with E-state index in [-0.39, 0.29) is 12.1 Å². The Hall–Kier alpha value is -0.790. The molecule has 0 amide bonds. The average Bonchev–Trinajstić information content (AvgIpc) is 2.98. The van der Waals surface area contributed by atoms with Gasteiger partial charge in [-0.1, -0.05) is 207 Å². The summed E-state index contributed by atoms with van der Waals surface area (Å²) in [6.07, 6.45) is 46.6. The highest BCUT2D eigenvalue weighted by Gasteiger charge is 2.12. The zero-order chi connectivity index (χ0) is 29.9. The molecule has 0 fully saturated rings. The maximum Gasteiger partial charge on any atom is 0.330 e. The minimum absolute atomic E-state index is 0.0918. The van der Waals surface area contributed by atoms with Crippen molar-refractivity contribution in [1.29, 1.82) is 0 Å². The molecule has 0 aromatic heterocycles. The lowest BCUT2D eigenvalue weighted by Gasteiger charge is -2.17. The third kappa shape index (κ3) is 33.6. The number of ether oxygens (including phenoxy) is 1. The van der Waals surface area contributed by atoms with Crippen molar-refractivity contribution < 1.29 is 9.53 Å². The molecule has 244 valence electrons. The Morgan fingerprint density at radius 3 is 0.878 bits per heavy atom. The first-order chi connectivity index (χ1) is 20.2. The fourth-order valence-electron chi connectivity index (χ4n) is 6.14. The van der Waals surface area contributed by atoms with Crippen molar-refractivity contribution in [2.75, 3.05) is 0 Å². The molecular weight excluding hydrogens is 500 g/mol. The van der Waals surface area contributed by atoms with E-state index in [9.17, 15) is 4.79 Å². The van der Waals surface area contributed by atoms with Gasteiger partial charge in [-0.25, -0.2) is 4.79 Å². The van der Waals surface area contributed by atoms with E-state index in [4.69, 9.17) is 4.74 Å². The van der Waals surface area contributed by atoms with Crippen molar-refractivity contribution >= 4 is 5.97 Å². The third-order valence-corrected chi connectivity index (χ3v) is 8.96. The van der Waals surface area contributed by atoms with Crippen LogP contribution in [0.1, 0.15) is 226 Å². The van der Waals surface area contributed by atoms with Gasteiger partial charge in [-0.2, -0.15) is 0 Å². The van der Waals surface area contributed by atoms with Crippen LogP contribution in [0.15, 0.2) is 12.7 Å². The number of esters is 1. The molecular formula is C39H76O2. The molecule has 0 heterocycles. The first-order valence-electron chi connectivity index (χ1n) is 19.1. The molecule has 0 saturated carbocycles. The Balaban J connectivity index is 3.57. The van der Waals surface area contributed by atoms with Crippen LogP contribution in [0.4, 0.5) is 0 Å². The van der Waals surface area contributed by atoms with E-state index in [1.54, 1.807) is 0 Å². The molecule has 0 aliphatic heterocycles. The van der Waals surface area contributed by atoms with Crippen LogP contribution in [-0.4, -0.2) is 12.1 Å². The van der Waals surface area contributed by atoms with Gasteiger partial charge < -0.3 is 4.74 Å². The van der Waals surface area contributed by atoms with Crippen LogP contribution >= 0.6 is 0 Å². The third-order valence-electron chi connectivity index (χ3n) is 8.96. The predicted molar refractivity (Wildman–Crippen MR) is 184 cm³/mol. The summed E-state index contributed by atoms with van der Waals surface area (Å²) in [5.41, 5.74) is 0.